The molecule has 0 fully saturated rings. The number of benzene rings is 1. The molecule has 26 heavy (non-hydrogen) atoms. The van der Waals surface area contributed by atoms with Gasteiger partial charge in [0.25, 0.3) is 0 Å². The van der Waals surface area contributed by atoms with Crippen LogP contribution in [0.3, 0.4) is 0 Å². The van der Waals surface area contributed by atoms with E-state index in [9.17, 15) is 18.0 Å². The predicted octanol–water partition coefficient (Wildman–Crippen LogP) is 4.14. The van der Waals surface area contributed by atoms with Crippen LogP contribution in [0.2, 0.25) is 5.02 Å². The number of carbonyl (C=O) groups excluding carboxylic acids is 1. The first-order valence-corrected chi connectivity index (χ1v) is 7.79. The van der Waals surface area contributed by atoms with Crippen molar-refractivity contribution in [2.45, 2.75) is 13.1 Å². The number of carbonyl (C=O) groups is 1. The van der Waals surface area contributed by atoms with Gasteiger partial charge >= 0.3 is 6.18 Å². The Labute approximate surface area is 151 Å². The fourth-order valence-corrected chi connectivity index (χ4v) is 2.72. The molecule has 1 aromatic carbocycles. The number of halogens is 4. The largest absolute Gasteiger partial charge is 0.417 e. The lowest BCUT2D eigenvalue weighted by Gasteiger charge is -2.10. The van der Waals surface area contributed by atoms with Gasteiger partial charge in [0.05, 0.1) is 22.3 Å². The molecule has 1 amide bonds. The van der Waals surface area contributed by atoms with Crippen LogP contribution in [0.5, 0.6) is 0 Å². The number of alkyl halides is 3. The number of nitrogens with one attached hydrogen (secondary N) is 1. The summed E-state index contributed by atoms with van der Waals surface area (Å²) in [5, 5.41) is 3.60. The average molecular weight is 381 g/mol. The second kappa shape index (κ2) is 6.80. The zero-order chi connectivity index (χ0) is 18.9. The number of hydrogen-bond donors (Lipinski definition) is 1. The molecule has 3 aromatic rings. The van der Waals surface area contributed by atoms with Crippen LogP contribution in [0, 0.1) is 0 Å². The third-order valence-corrected chi connectivity index (χ3v) is 3.77. The van der Waals surface area contributed by atoms with E-state index in [1.807, 2.05) is 0 Å². The van der Waals surface area contributed by atoms with Crippen LogP contribution in [0.1, 0.15) is 18.2 Å². The summed E-state index contributed by atoms with van der Waals surface area (Å²) in [7, 11) is 0. The molecule has 134 valence electrons. The standard InChI is InChI=1S/C17H12ClF3N4O/c1-10(26)24-22-8-14-15-13(18)7-12(17(19,20)21)9-25(15)16(23-14)11-5-3-2-4-6-11/h2-9H,1H3,(H,24,26)/b22-8-. The number of hydrazone groups is 1. The number of imidazole rings is 1. The minimum atomic E-state index is -4.56. The van der Waals surface area contributed by atoms with Gasteiger partial charge in [-0.1, -0.05) is 41.9 Å². The highest BCUT2D eigenvalue weighted by Gasteiger charge is 2.32. The molecule has 0 aliphatic carbocycles. The minimum absolute atomic E-state index is 0.126. The van der Waals surface area contributed by atoms with E-state index in [2.05, 4.69) is 15.5 Å². The molecular weight excluding hydrogens is 369 g/mol. The molecule has 0 aliphatic rings. The molecule has 2 aromatic heterocycles. The monoisotopic (exact) mass is 380 g/mol. The Bertz CT molecular complexity index is 997. The van der Waals surface area contributed by atoms with Crippen molar-refractivity contribution in [3.05, 3.63) is 58.9 Å². The zero-order valence-corrected chi connectivity index (χ0v) is 14.1. The molecule has 0 atom stereocenters. The first kappa shape index (κ1) is 17.9. The van der Waals surface area contributed by atoms with Crippen molar-refractivity contribution in [1.29, 1.82) is 0 Å². The first-order chi connectivity index (χ1) is 12.3. The van der Waals surface area contributed by atoms with Gasteiger partial charge in [-0.25, -0.2) is 10.4 Å². The molecule has 0 radical (unpaired) electrons. The van der Waals surface area contributed by atoms with Crippen LogP contribution < -0.4 is 5.43 Å². The summed E-state index contributed by atoms with van der Waals surface area (Å²) in [5.41, 5.74) is 2.43. The second-order valence-corrected chi connectivity index (χ2v) is 5.81. The van der Waals surface area contributed by atoms with E-state index in [4.69, 9.17) is 11.6 Å². The minimum Gasteiger partial charge on any atom is -0.297 e. The zero-order valence-electron chi connectivity index (χ0n) is 13.4. The van der Waals surface area contributed by atoms with Gasteiger partial charge in [-0.15, -0.1) is 0 Å². The lowest BCUT2D eigenvalue weighted by Crippen LogP contribution is -2.12. The number of hydrogen-bond acceptors (Lipinski definition) is 3. The van der Waals surface area contributed by atoms with Crippen LogP contribution in [0.15, 0.2) is 47.7 Å². The maximum absolute atomic E-state index is 13.2. The highest BCUT2D eigenvalue weighted by molar-refractivity contribution is 6.34. The number of rotatable bonds is 3. The Kier molecular flexibility index (Phi) is 4.69. The van der Waals surface area contributed by atoms with Crippen molar-refractivity contribution in [3.63, 3.8) is 0 Å². The van der Waals surface area contributed by atoms with Crippen LogP contribution in [0.4, 0.5) is 13.2 Å². The molecule has 5 nitrogen and oxygen atoms in total. The molecule has 2 heterocycles. The lowest BCUT2D eigenvalue weighted by atomic mass is 10.2. The summed E-state index contributed by atoms with van der Waals surface area (Å²) in [5.74, 6) is -0.114. The number of amides is 1. The normalized spacial score (nSPS) is 12.0. The second-order valence-electron chi connectivity index (χ2n) is 5.41. The maximum Gasteiger partial charge on any atom is 0.417 e. The molecule has 0 saturated heterocycles. The summed E-state index contributed by atoms with van der Waals surface area (Å²) < 4.78 is 40.8. The van der Waals surface area contributed by atoms with Crippen LogP contribution >= 0.6 is 11.6 Å². The van der Waals surface area contributed by atoms with Crippen molar-refractivity contribution in [3.8, 4) is 11.4 Å². The lowest BCUT2D eigenvalue weighted by molar-refractivity contribution is -0.137. The number of pyridine rings is 1. The van der Waals surface area contributed by atoms with Crippen LogP contribution in [0.25, 0.3) is 16.9 Å². The molecule has 3 rings (SSSR count). The quantitative estimate of drug-likeness (QED) is 0.548. The summed E-state index contributed by atoms with van der Waals surface area (Å²) >= 11 is 6.11. The van der Waals surface area contributed by atoms with E-state index in [0.29, 0.717) is 5.56 Å². The van der Waals surface area contributed by atoms with E-state index in [1.54, 1.807) is 30.3 Å². The van der Waals surface area contributed by atoms with Gasteiger partial charge in [0.2, 0.25) is 5.91 Å². The van der Waals surface area contributed by atoms with Gasteiger partial charge in [-0.3, -0.25) is 9.20 Å². The van der Waals surface area contributed by atoms with Gasteiger partial charge in [0, 0.05) is 18.7 Å². The maximum atomic E-state index is 13.2. The Hall–Kier alpha value is -2.87. The Balaban J connectivity index is 2.26. The van der Waals surface area contributed by atoms with Crippen molar-refractivity contribution in [2.24, 2.45) is 5.10 Å². The summed E-state index contributed by atoms with van der Waals surface area (Å²) in [6.07, 6.45) is -2.38. The van der Waals surface area contributed by atoms with Crippen molar-refractivity contribution in [1.82, 2.24) is 14.8 Å². The molecule has 1 N–H and O–H groups in total. The van der Waals surface area contributed by atoms with Gasteiger partial charge in [-0.2, -0.15) is 18.3 Å². The highest BCUT2D eigenvalue weighted by Crippen LogP contribution is 2.35. The highest BCUT2D eigenvalue weighted by atomic mass is 35.5. The van der Waals surface area contributed by atoms with Gasteiger partial charge < -0.3 is 0 Å². The van der Waals surface area contributed by atoms with Gasteiger partial charge in [0.1, 0.15) is 11.5 Å². The topological polar surface area (TPSA) is 58.8 Å². The Morgan fingerprint density at radius 1 is 1.31 bits per heavy atom. The smallest absolute Gasteiger partial charge is 0.297 e. The molecule has 9 heteroatoms. The Morgan fingerprint density at radius 2 is 2.00 bits per heavy atom. The molecule has 0 aliphatic heterocycles. The molecule has 0 saturated carbocycles. The van der Waals surface area contributed by atoms with E-state index in [-0.39, 0.29) is 22.1 Å². The Morgan fingerprint density at radius 3 is 2.62 bits per heavy atom. The van der Waals surface area contributed by atoms with E-state index in [0.717, 1.165) is 12.3 Å². The third-order valence-electron chi connectivity index (χ3n) is 3.48. The van der Waals surface area contributed by atoms with Gasteiger partial charge in [0.15, 0.2) is 0 Å². The molecular formula is C17H12ClF3N4O. The molecule has 0 bridgehead atoms. The van der Waals surface area contributed by atoms with Gasteiger partial charge in [-0.05, 0) is 6.07 Å². The predicted molar refractivity (Wildman–Crippen MR) is 92.1 cm³/mol. The number of fused-ring (bicyclic) bond motifs is 1. The van der Waals surface area contributed by atoms with E-state index in [1.165, 1.54) is 17.5 Å². The van der Waals surface area contributed by atoms with E-state index < -0.39 is 17.6 Å². The van der Waals surface area contributed by atoms with Crippen molar-refractivity contribution < 1.29 is 18.0 Å². The molecule has 0 unspecified atom stereocenters. The van der Waals surface area contributed by atoms with Crippen molar-refractivity contribution in [2.75, 3.05) is 0 Å². The van der Waals surface area contributed by atoms with Crippen molar-refractivity contribution >= 4 is 29.2 Å². The molecule has 0 spiro atoms. The summed E-state index contributed by atoms with van der Waals surface area (Å²) in [4.78, 5) is 15.3. The summed E-state index contributed by atoms with van der Waals surface area (Å²) in [6, 6.07) is 9.55. The first-order valence-electron chi connectivity index (χ1n) is 7.41. The fourth-order valence-electron chi connectivity index (χ4n) is 2.41. The number of nitrogens with zero attached hydrogens (tertiary/aromatic N) is 3. The third kappa shape index (κ3) is 3.55. The summed E-state index contributed by atoms with van der Waals surface area (Å²) in [6.45, 7) is 1.28. The number of aromatic nitrogens is 2. The van der Waals surface area contributed by atoms with Crippen LogP contribution in [-0.2, 0) is 11.0 Å². The fraction of sp³-hybridized carbons (Fsp3) is 0.118. The van der Waals surface area contributed by atoms with Crippen LogP contribution in [-0.4, -0.2) is 21.5 Å². The average Bonchev–Trinajstić information content (AvgIpc) is 2.94. The SMILES string of the molecule is CC(=O)N/N=C\c1nc(-c2ccccc2)n2cc(C(F)(F)F)cc(Cl)c12. The van der Waals surface area contributed by atoms with E-state index >= 15 is 0 Å².